The van der Waals surface area contributed by atoms with E-state index in [9.17, 15) is 9.18 Å². The summed E-state index contributed by atoms with van der Waals surface area (Å²) in [5, 5.41) is 0.887. The monoisotopic (exact) mass is 483 g/mol. The Morgan fingerprint density at radius 2 is 1.79 bits per heavy atom. The summed E-state index contributed by atoms with van der Waals surface area (Å²) in [7, 11) is 0. The number of hydrogen-bond acceptors (Lipinski definition) is 4. The predicted molar refractivity (Wildman–Crippen MR) is 125 cm³/mol. The number of carbonyl (C=O) groups is 1. The molecule has 2 aromatic heterocycles. The van der Waals surface area contributed by atoms with Crippen LogP contribution in [-0.4, -0.2) is 20.8 Å². The number of benzene rings is 2. The van der Waals surface area contributed by atoms with Crippen molar-refractivity contribution in [2.45, 2.75) is 25.9 Å². The van der Waals surface area contributed by atoms with Gasteiger partial charge in [0.15, 0.2) is 11.7 Å². The van der Waals surface area contributed by atoms with Crippen LogP contribution in [0.25, 0.3) is 11.3 Å². The van der Waals surface area contributed by atoms with E-state index in [1.807, 2.05) is 24.3 Å². The second-order valence-corrected chi connectivity index (χ2v) is 8.23. The zero-order valence-corrected chi connectivity index (χ0v) is 19.1. The van der Waals surface area contributed by atoms with Gasteiger partial charge in [-0.05, 0) is 42.0 Å². The lowest BCUT2D eigenvalue weighted by Gasteiger charge is -2.22. The van der Waals surface area contributed by atoms with Crippen molar-refractivity contribution in [3.63, 3.8) is 0 Å². The Labute approximate surface area is 200 Å². The molecule has 0 bridgehead atoms. The molecule has 0 fully saturated rings. The molecule has 0 saturated heterocycles. The highest BCUT2D eigenvalue weighted by Gasteiger charge is 2.18. The van der Waals surface area contributed by atoms with Crippen LogP contribution in [0.15, 0.2) is 77.5 Å². The Balaban J connectivity index is 1.46. The number of halogens is 3. The Kier molecular flexibility index (Phi) is 7.37. The van der Waals surface area contributed by atoms with Gasteiger partial charge in [0.1, 0.15) is 5.82 Å². The molecule has 2 aromatic carbocycles. The normalized spacial score (nSPS) is 10.9. The lowest BCUT2D eigenvalue weighted by molar-refractivity contribution is -0.132. The standard InChI is InChI=1S/C25H20Cl2FN3O2/c26-20-9-8-17(13-21(20)27)15-31(16-18-5-3-4-12-29-18)25(32)11-10-24-30-14-23(33-24)19-6-1-2-7-22(19)28/h1-9,12-14H,10-11,15-16H2. The number of hydrogen-bond donors (Lipinski definition) is 0. The molecule has 0 N–H and O–H groups in total. The first-order valence-corrected chi connectivity index (χ1v) is 11.1. The van der Waals surface area contributed by atoms with Gasteiger partial charge in [-0.3, -0.25) is 9.78 Å². The van der Waals surface area contributed by atoms with E-state index in [4.69, 9.17) is 27.6 Å². The third-order valence-corrected chi connectivity index (χ3v) is 5.77. The van der Waals surface area contributed by atoms with Gasteiger partial charge in [0.05, 0.1) is 34.0 Å². The molecule has 33 heavy (non-hydrogen) atoms. The molecule has 4 aromatic rings. The fraction of sp³-hybridized carbons (Fsp3) is 0.160. The number of aromatic nitrogens is 2. The van der Waals surface area contributed by atoms with Crippen molar-refractivity contribution >= 4 is 29.1 Å². The van der Waals surface area contributed by atoms with Crippen LogP contribution in [0.4, 0.5) is 4.39 Å². The summed E-state index contributed by atoms with van der Waals surface area (Å²) in [5.41, 5.74) is 1.95. The number of amides is 1. The van der Waals surface area contributed by atoms with E-state index in [0.717, 1.165) is 11.3 Å². The van der Waals surface area contributed by atoms with E-state index in [1.54, 1.807) is 41.4 Å². The van der Waals surface area contributed by atoms with Crippen molar-refractivity contribution in [3.05, 3.63) is 106 Å². The summed E-state index contributed by atoms with van der Waals surface area (Å²) in [4.78, 5) is 23.4. The summed E-state index contributed by atoms with van der Waals surface area (Å²) in [6, 6.07) is 17.2. The molecular formula is C25H20Cl2FN3O2. The topological polar surface area (TPSA) is 59.2 Å². The second-order valence-electron chi connectivity index (χ2n) is 7.42. The first kappa shape index (κ1) is 23.0. The first-order chi connectivity index (χ1) is 16.0. The van der Waals surface area contributed by atoms with E-state index in [2.05, 4.69) is 9.97 Å². The van der Waals surface area contributed by atoms with Crippen LogP contribution in [0.1, 0.15) is 23.6 Å². The molecule has 1 amide bonds. The lowest BCUT2D eigenvalue weighted by Crippen LogP contribution is -2.30. The van der Waals surface area contributed by atoms with Gasteiger partial charge in [-0.2, -0.15) is 0 Å². The van der Waals surface area contributed by atoms with E-state index in [-0.39, 0.29) is 24.6 Å². The van der Waals surface area contributed by atoms with Crippen LogP contribution in [0, 0.1) is 5.82 Å². The number of carbonyl (C=O) groups excluding carboxylic acids is 1. The Hall–Kier alpha value is -3.22. The number of nitrogens with zero attached hydrogens (tertiary/aromatic N) is 3. The Morgan fingerprint density at radius 1 is 0.970 bits per heavy atom. The third kappa shape index (κ3) is 5.97. The molecule has 0 aliphatic carbocycles. The third-order valence-electron chi connectivity index (χ3n) is 5.03. The highest BCUT2D eigenvalue weighted by Crippen LogP contribution is 2.25. The number of pyridine rings is 1. The van der Waals surface area contributed by atoms with Crippen molar-refractivity contribution in [1.29, 1.82) is 0 Å². The van der Waals surface area contributed by atoms with Gasteiger partial charge in [0.2, 0.25) is 5.91 Å². The molecular weight excluding hydrogens is 464 g/mol. The summed E-state index contributed by atoms with van der Waals surface area (Å²) in [6.45, 7) is 0.685. The van der Waals surface area contributed by atoms with Crippen molar-refractivity contribution in [3.8, 4) is 11.3 Å². The van der Waals surface area contributed by atoms with Crippen LogP contribution in [0.5, 0.6) is 0 Å². The van der Waals surface area contributed by atoms with Crippen molar-refractivity contribution in [1.82, 2.24) is 14.9 Å². The Bertz CT molecular complexity index is 1250. The quantitative estimate of drug-likeness (QED) is 0.293. The smallest absolute Gasteiger partial charge is 0.223 e. The maximum absolute atomic E-state index is 14.0. The summed E-state index contributed by atoms with van der Waals surface area (Å²) >= 11 is 12.2. The van der Waals surface area contributed by atoms with Gasteiger partial charge in [-0.15, -0.1) is 0 Å². The van der Waals surface area contributed by atoms with E-state index in [1.165, 1.54) is 12.3 Å². The molecule has 0 saturated carbocycles. The van der Waals surface area contributed by atoms with Crippen LogP contribution in [0.3, 0.4) is 0 Å². The molecule has 0 radical (unpaired) electrons. The van der Waals surface area contributed by atoms with Crippen molar-refractivity contribution in [2.75, 3.05) is 0 Å². The minimum absolute atomic E-state index is 0.0997. The molecule has 168 valence electrons. The van der Waals surface area contributed by atoms with E-state index < -0.39 is 0 Å². The first-order valence-electron chi connectivity index (χ1n) is 10.3. The highest BCUT2D eigenvalue weighted by molar-refractivity contribution is 6.42. The lowest BCUT2D eigenvalue weighted by atomic mass is 10.2. The van der Waals surface area contributed by atoms with Crippen LogP contribution < -0.4 is 0 Å². The Morgan fingerprint density at radius 3 is 2.55 bits per heavy atom. The van der Waals surface area contributed by atoms with Gasteiger partial charge >= 0.3 is 0 Å². The van der Waals surface area contributed by atoms with Gasteiger partial charge in [0.25, 0.3) is 0 Å². The van der Waals surface area contributed by atoms with Crippen LogP contribution in [0.2, 0.25) is 10.0 Å². The van der Waals surface area contributed by atoms with Crippen molar-refractivity contribution in [2.24, 2.45) is 0 Å². The van der Waals surface area contributed by atoms with Crippen LogP contribution >= 0.6 is 23.2 Å². The molecule has 2 heterocycles. The number of rotatable bonds is 8. The molecule has 0 spiro atoms. The summed E-state index contributed by atoms with van der Waals surface area (Å²) in [6.07, 6.45) is 3.62. The summed E-state index contributed by atoms with van der Waals surface area (Å²) in [5.74, 6) is 0.211. The fourth-order valence-electron chi connectivity index (χ4n) is 3.36. The van der Waals surface area contributed by atoms with Crippen LogP contribution in [-0.2, 0) is 24.3 Å². The maximum Gasteiger partial charge on any atom is 0.223 e. The molecule has 8 heteroatoms. The average molecular weight is 484 g/mol. The van der Waals surface area contributed by atoms with Crippen molar-refractivity contribution < 1.29 is 13.6 Å². The van der Waals surface area contributed by atoms with E-state index >= 15 is 0 Å². The highest BCUT2D eigenvalue weighted by atomic mass is 35.5. The second kappa shape index (κ2) is 10.6. The zero-order chi connectivity index (χ0) is 23.2. The van der Waals surface area contributed by atoms with Gasteiger partial charge in [-0.1, -0.05) is 47.5 Å². The molecule has 4 rings (SSSR count). The van der Waals surface area contributed by atoms with Gasteiger partial charge in [0, 0.05) is 25.6 Å². The summed E-state index contributed by atoms with van der Waals surface area (Å²) < 4.78 is 19.7. The number of oxazole rings is 1. The minimum Gasteiger partial charge on any atom is -0.441 e. The predicted octanol–water partition coefficient (Wildman–Crippen LogP) is 6.34. The average Bonchev–Trinajstić information content (AvgIpc) is 3.29. The van der Waals surface area contributed by atoms with Gasteiger partial charge in [-0.25, -0.2) is 9.37 Å². The maximum atomic E-state index is 14.0. The van der Waals surface area contributed by atoms with Gasteiger partial charge < -0.3 is 9.32 Å². The fourth-order valence-corrected chi connectivity index (χ4v) is 3.68. The zero-order valence-electron chi connectivity index (χ0n) is 17.5. The molecule has 0 aliphatic rings. The number of aryl methyl sites for hydroxylation is 1. The minimum atomic E-state index is -0.389. The molecule has 5 nitrogen and oxygen atoms in total. The molecule has 0 aliphatic heterocycles. The van der Waals surface area contributed by atoms with E-state index in [0.29, 0.717) is 40.3 Å². The SMILES string of the molecule is O=C(CCc1ncc(-c2ccccc2F)o1)N(Cc1ccc(Cl)c(Cl)c1)Cc1ccccn1. The largest absolute Gasteiger partial charge is 0.441 e. The molecule has 0 atom stereocenters. The molecule has 0 unspecified atom stereocenters.